The van der Waals surface area contributed by atoms with Gasteiger partial charge in [0.15, 0.2) is 0 Å². The highest BCUT2D eigenvalue weighted by molar-refractivity contribution is 6.36. The third-order valence-electron chi connectivity index (χ3n) is 10.2. The molecule has 2 heterocycles. The van der Waals surface area contributed by atoms with E-state index in [0.29, 0.717) is 22.5 Å². The third-order valence-corrected chi connectivity index (χ3v) is 10.2. The molecule has 1 aliphatic heterocycles. The molecule has 7 aromatic carbocycles. The summed E-state index contributed by atoms with van der Waals surface area (Å²) in [5.41, 5.74) is 14.9. The number of amides is 2. The first-order valence-electron chi connectivity index (χ1n) is 17.7. The second-order valence-corrected chi connectivity index (χ2v) is 14.0. The standard InChI is InChI=1S/C48H36N2O2/c1-29-23-30(2)26-34(25-29)37-16-10-18-39-40-19-11-17-38(35-27-31(3)24-32(4)28-35)46(40)49(45(37)39)43-22-12-20-41-44(43)48(52)50(47(41)51)42-21-9-8-15-36(42)33-13-6-5-7-14-33/h5-28H,1-4H3. The van der Waals surface area contributed by atoms with E-state index >= 15 is 0 Å². The van der Waals surface area contributed by atoms with Gasteiger partial charge >= 0.3 is 0 Å². The van der Waals surface area contributed by atoms with E-state index in [0.717, 1.165) is 55.2 Å². The first kappa shape index (κ1) is 31.5. The fourth-order valence-electron chi connectivity index (χ4n) is 8.29. The summed E-state index contributed by atoms with van der Waals surface area (Å²) in [6.07, 6.45) is 0. The molecule has 1 aliphatic rings. The van der Waals surface area contributed by atoms with Gasteiger partial charge in [-0.3, -0.25) is 9.59 Å². The topological polar surface area (TPSA) is 42.3 Å². The predicted octanol–water partition coefficient (Wildman–Crippen LogP) is 11.8. The van der Waals surface area contributed by atoms with Crippen LogP contribution in [-0.2, 0) is 0 Å². The molecule has 8 aromatic rings. The highest BCUT2D eigenvalue weighted by atomic mass is 16.2. The van der Waals surface area contributed by atoms with Crippen molar-refractivity contribution in [2.45, 2.75) is 27.7 Å². The first-order valence-corrected chi connectivity index (χ1v) is 17.7. The maximum absolute atomic E-state index is 15.0. The smallest absolute Gasteiger partial charge is 0.268 e. The van der Waals surface area contributed by atoms with Crippen LogP contribution < -0.4 is 4.90 Å². The fourth-order valence-corrected chi connectivity index (χ4v) is 8.29. The van der Waals surface area contributed by atoms with Crippen LogP contribution in [0.4, 0.5) is 5.69 Å². The number of benzene rings is 7. The van der Waals surface area contributed by atoms with Crippen LogP contribution in [0.1, 0.15) is 43.0 Å². The van der Waals surface area contributed by atoms with Crippen molar-refractivity contribution in [1.29, 1.82) is 0 Å². The number of carbonyl (C=O) groups excluding carboxylic acids is 2. The summed E-state index contributed by atoms with van der Waals surface area (Å²) in [6.45, 7) is 8.50. The molecule has 1 aromatic heterocycles. The molecular weight excluding hydrogens is 637 g/mol. The summed E-state index contributed by atoms with van der Waals surface area (Å²) in [5.74, 6) is -0.656. The number of para-hydroxylation sites is 3. The van der Waals surface area contributed by atoms with Crippen LogP contribution in [-0.4, -0.2) is 16.4 Å². The van der Waals surface area contributed by atoms with Crippen molar-refractivity contribution in [2.75, 3.05) is 4.90 Å². The van der Waals surface area contributed by atoms with Gasteiger partial charge in [-0.15, -0.1) is 0 Å². The first-order chi connectivity index (χ1) is 25.3. The molecule has 9 rings (SSSR count). The molecule has 0 saturated carbocycles. The number of fused-ring (bicyclic) bond motifs is 4. The summed E-state index contributed by atoms with van der Waals surface area (Å²) >= 11 is 0. The molecule has 0 radical (unpaired) electrons. The van der Waals surface area contributed by atoms with E-state index in [1.807, 2.05) is 66.7 Å². The minimum atomic E-state index is -0.332. The molecule has 0 saturated heterocycles. The molecule has 0 bridgehead atoms. The SMILES string of the molecule is Cc1cc(C)cc(-c2cccc3c4cccc(-c5cc(C)cc(C)c5)c4n(-c4cccc5c4C(=O)N(c4ccccc4-c4ccccc4)C5=O)c23)c1. The minimum absolute atomic E-state index is 0.324. The van der Waals surface area contributed by atoms with Crippen molar-refractivity contribution < 1.29 is 9.59 Å². The Balaban J connectivity index is 1.37. The Morgan fingerprint density at radius 1 is 0.385 bits per heavy atom. The number of hydrogen-bond acceptors (Lipinski definition) is 2. The van der Waals surface area contributed by atoms with Crippen molar-refractivity contribution in [1.82, 2.24) is 4.57 Å². The number of aromatic nitrogens is 1. The average molecular weight is 673 g/mol. The molecule has 250 valence electrons. The summed E-state index contributed by atoms with van der Waals surface area (Å²) in [6, 6.07) is 49.4. The van der Waals surface area contributed by atoms with Gasteiger partial charge in [0.05, 0.1) is 33.5 Å². The second kappa shape index (κ2) is 12.1. The van der Waals surface area contributed by atoms with Gasteiger partial charge in [-0.25, -0.2) is 4.90 Å². The molecule has 0 aliphatic carbocycles. The van der Waals surface area contributed by atoms with E-state index in [4.69, 9.17) is 0 Å². The second-order valence-electron chi connectivity index (χ2n) is 14.0. The van der Waals surface area contributed by atoms with E-state index in [1.165, 1.54) is 27.2 Å². The fraction of sp³-hybridized carbons (Fsp3) is 0.0833. The van der Waals surface area contributed by atoms with Crippen LogP contribution in [0.25, 0.3) is 60.9 Å². The Kier molecular flexibility index (Phi) is 7.30. The van der Waals surface area contributed by atoms with E-state index in [1.54, 1.807) is 6.07 Å². The number of aryl methyl sites for hydroxylation is 4. The Bertz CT molecular complexity index is 2620. The van der Waals surface area contributed by atoms with Crippen LogP contribution in [0.3, 0.4) is 0 Å². The molecular formula is C48H36N2O2. The van der Waals surface area contributed by atoms with Gasteiger partial charge in [0.1, 0.15) is 0 Å². The summed E-state index contributed by atoms with van der Waals surface area (Å²) in [4.78, 5) is 30.8. The Labute approximate surface area is 303 Å². The normalized spacial score (nSPS) is 12.7. The quantitative estimate of drug-likeness (QED) is 0.171. The van der Waals surface area contributed by atoms with Gasteiger partial charge in [0, 0.05) is 27.5 Å². The van der Waals surface area contributed by atoms with Crippen LogP contribution >= 0.6 is 0 Å². The van der Waals surface area contributed by atoms with E-state index in [-0.39, 0.29) is 11.8 Å². The molecule has 2 amide bonds. The number of imide groups is 1. The molecule has 0 fully saturated rings. The number of anilines is 1. The van der Waals surface area contributed by atoms with Crippen molar-refractivity contribution in [3.05, 3.63) is 179 Å². The summed E-state index contributed by atoms with van der Waals surface area (Å²) in [7, 11) is 0. The van der Waals surface area contributed by atoms with Gasteiger partial charge in [-0.05, 0) is 62.6 Å². The number of rotatable bonds is 5. The zero-order valence-electron chi connectivity index (χ0n) is 29.6. The number of carbonyl (C=O) groups is 2. The largest absolute Gasteiger partial charge is 0.307 e. The molecule has 52 heavy (non-hydrogen) atoms. The molecule has 0 unspecified atom stereocenters. The molecule has 0 N–H and O–H groups in total. The Morgan fingerprint density at radius 2 is 0.846 bits per heavy atom. The monoisotopic (exact) mass is 672 g/mol. The van der Waals surface area contributed by atoms with Crippen LogP contribution in [0, 0.1) is 27.7 Å². The van der Waals surface area contributed by atoms with Gasteiger partial charge < -0.3 is 4.57 Å². The van der Waals surface area contributed by atoms with E-state index in [9.17, 15) is 9.59 Å². The Morgan fingerprint density at radius 3 is 1.42 bits per heavy atom. The van der Waals surface area contributed by atoms with Crippen molar-refractivity contribution in [3.63, 3.8) is 0 Å². The van der Waals surface area contributed by atoms with Gasteiger partial charge in [-0.2, -0.15) is 0 Å². The average Bonchev–Trinajstić information content (AvgIpc) is 3.62. The van der Waals surface area contributed by atoms with Crippen molar-refractivity contribution >= 4 is 39.3 Å². The Hall–Kier alpha value is -6.52. The predicted molar refractivity (Wildman–Crippen MR) is 214 cm³/mol. The van der Waals surface area contributed by atoms with Gasteiger partial charge in [0.25, 0.3) is 11.8 Å². The van der Waals surface area contributed by atoms with Gasteiger partial charge in [-0.1, -0.05) is 150 Å². The van der Waals surface area contributed by atoms with Crippen LogP contribution in [0.2, 0.25) is 0 Å². The molecule has 0 atom stereocenters. The zero-order chi connectivity index (χ0) is 35.7. The minimum Gasteiger partial charge on any atom is -0.307 e. The number of hydrogen-bond donors (Lipinski definition) is 0. The lowest BCUT2D eigenvalue weighted by molar-refractivity contribution is 0.0926. The lowest BCUT2D eigenvalue weighted by Gasteiger charge is -2.19. The van der Waals surface area contributed by atoms with Crippen LogP contribution in [0.15, 0.2) is 146 Å². The third kappa shape index (κ3) is 4.90. The van der Waals surface area contributed by atoms with Crippen LogP contribution in [0.5, 0.6) is 0 Å². The lowest BCUT2D eigenvalue weighted by Crippen LogP contribution is -2.30. The van der Waals surface area contributed by atoms with Crippen molar-refractivity contribution in [3.8, 4) is 39.1 Å². The van der Waals surface area contributed by atoms with Crippen molar-refractivity contribution in [2.24, 2.45) is 0 Å². The van der Waals surface area contributed by atoms with E-state index < -0.39 is 0 Å². The summed E-state index contributed by atoms with van der Waals surface area (Å²) in [5, 5.41) is 2.16. The summed E-state index contributed by atoms with van der Waals surface area (Å²) < 4.78 is 2.25. The number of nitrogens with zero attached hydrogens (tertiary/aromatic N) is 2. The van der Waals surface area contributed by atoms with E-state index in [2.05, 4.69) is 105 Å². The highest BCUT2D eigenvalue weighted by Gasteiger charge is 2.40. The van der Waals surface area contributed by atoms with Gasteiger partial charge in [0.2, 0.25) is 0 Å². The maximum Gasteiger partial charge on any atom is 0.268 e. The lowest BCUT2D eigenvalue weighted by atomic mass is 9.97. The molecule has 4 nitrogen and oxygen atoms in total. The highest BCUT2D eigenvalue weighted by Crippen LogP contribution is 2.45. The zero-order valence-corrected chi connectivity index (χ0v) is 29.6. The molecule has 0 spiro atoms. The maximum atomic E-state index is 15.0. The molecule has 4 heteroatoms.